The molecule has 0 spiro atoms. The maximum atomic E-state index is 11.0. The number of carbonyl (C=O) groups is 1. The fourth-order valence-corrected chi connectivity index (χ4v) is 0.524. The molecule has 0 fully saturated rings. The lowest BCUT2D eigenvalue weighted by molar-refractivity contribution is -0.114. The number of carbonyl (C=O) groups excluding carboxylic acids is 1. The summed E-state index contributed by atoms with van der Waals surface area (Å²) in [4.78, 5) is 11.0. The molecule has 5 nitrogen and oxygen atoms in total. The highest BCUT2D eigenvalue weighted by atomic mass is 32.1. The van der Waals surface area contributed by atoms with Crippen LogP contribution in [0.2, 0.25) is 0 Å². The Bertz CT molecular complexity index is 214. The molecule has 0 atom stereocenters. The zero-order chi connectivity index (χ0) is 9.56. The minimum Gasteiger partial charge on any atom is -0.375 e. The molecule has 68 valence electrons. The van der Waals surface area contributed by atoms with Crippen molar-refractivity contribution < 1.29 is 4.79 Å². The SMILES string of the molecule is CCNC(=O)C(C)=NNC(N)=S. The van der Waals surface area contributed by atoms with Crippen molar-refractivity contribution in [2.45, 2.75) is 13.8 Å². The number of nitrogens with one attached hydrogen (secondary N) is 2. The second kappa shape index (κ2) is 5.48. The quantitative estimate of drug-likeness (QED) is 0.312. The Kier molecular flexibility index (Phi) is 4.94. The Balaban J connectivity index is 3.99. The third-order valence-corrected chi connectivity index (χ3v) is 1.09. The Morgan fingerprint density at radius 3 is 2.67 bits per heavy atom. The Morgan fingerprint density at radius 2 is 2.25 bits per heavy atom. The number of hydrogen-bond donors (Lipinski definition) is 3. The van der Waals surface area contributed by atoms with Crippen molar-refractivity contribution in [3.63, 3.8) is 0 Å². The summed E-state index contributed by atoms with van der Waals surface area (Å²) >= 11 is 4.49. The van der Waals surface area contributed by atoms with Crippen molar-refractivity contribution in [1.29, 1.82) is 0 Å². The fourth-order valence-electron chi connectivity index (χ4n) is 0.478. The van der Waals surface area contributed by atoms with Gasteiger partial charge in [0.1, 0.15) is 5.71 Å². The molecule has 6 heteroatoms. The van der Waals surface area contributed by atoms with Crippen LogP contribution in [0.1, 0.15) is 13.8 Å². The van der Waals surface area contributed by atoms with Gasteiger partial charge < -0.3 is 11.1 Å². The van der Waals surface area contributed by atoms with Crippen LogP contribution >= 0.6 is 12.2 Å². The lowest BCUT2D eigenvalue weighted by atomic mass is 10.4. The number of amides is 1. The molecule has 0 heterocycles. The highest BCUT2D eigenvalue weighted by Gasteiger charge is 2.02. The largest absolute Gasteiger partial charge is 0.375 e. The summed E-state index contributed by atoms with van der Waals surface area (Å²) in [7, 11) is 0. The summed E-state index contributed by atoms with van der Waals surface area (Å²) in [5.74, 6) is -0.235. The smallest absolute Gasteiger partial charge is 0.267 e. The predicted molar refractivity (Wildman–Crippen MR) is 51.7 cm³/mol. The van der Waals surface area contributed by atoms with Crippen LogP contribution in [0.4, 0.5) is 0 Å². The highest BCUT2D eigenvalue weighted by Crippen LogP contribution is 1.75. The van der Waals surface area contributed by atoms with Gasteiger partial charge in [0.25, 0.3) is 5.91 Å². The molecule has 1 amide bonds. The molecule has 0 bridgehead atoms. The number of thiocarbonyl (C=S) groups is 1. The molecule has 0 saturated heterocycles. The van der Waals surface area contributed by atoms with Crippen molar-refractivity contribution in [3.8, 4) is 0 Å². The first kappa shape index (κ1) is 10.8. The van der Waals surface area contributed by atoms with E-state index in [1.54, 1.807) is 6.92 Å². The monoisotopic (exact) mass is 188 g/mol. The average Bonchev–Trinajstić information content (AvgIpc) is 2.00. The summed E-state index contributed by atoms with van der Waals surface area (Å²) in [6, 6.07) is 0. The molecule has 0 aliphatic rings. The summed E-state index contributed by atoms with van der Waals surface area (Å²) in [6.07, 6.45) is 0. The molecule has 4 N–H and O–H groups in total. The molecule has 0 aromatic rings. The van der Waals surface area contributed by atoms with Gasteiger partial charge in [0.15, 0.2) is 5.11 Å². The van der Waals surface area contributed by atoms with E-state index in [1.165, 1.54) is 0 Å². The molecule has 0 aromatic carbocycles. The van der Waals surface area contributed by atoms with Gasteiger partial charge in [-0.1, -0.05) is 0 Å². The van der Waals surface area contributed by atoms with Gasteiger partial charge in [-0.25, -0.2) is 0 Å². The molecule has 0 radical (unpaired) electrons. The Hall–Kier alpha value is -1.17. The van der Waals surface area contributed by atoms with E-state index in [0.717, 1.165) is 0 Å². The van der Waals surface area contributed by atoms with Gasteiger partial charge in [-0.05, 0) is 26.1 Å². The molecule has 0 unspecified atom stereocenters. The van der Waals surface area contributed by atoms with Gasteiger partial charge in [-0.2, -0.15) is 5.10 Å². The van der Waals surface area contributed by atoms with Gasteiger partial charge in [0.05, 0.1) is 0 Å². The van der Waals surface area contributed by atoms with Crippen molar-refractivity contribution in [2.24, 2.45) is 10.8 Å². The lowest BCUT2D eigenvalue weighted by Crippen LogP contribution is -2.32. The third kappa shape index (κ3) is 4.62. The zero-order valence-corrected chi connectivity index (χ0v) is 7.86. The van der Waals surface area contributed by atoms with Crippen molar-refractivity contribution in [3.05, 3.63) is 0 Å². The van der Waals surface area contributed by atoms with E-state index in [9.17, 15) is 4.79 Å². The van der Waals surface area contributed by atoms with Crippen molar-refractivity contribution in [1.82, 2.24) is 10.7 Å². The van der Waals surface area contributed by atoms with Crippen LogP contribution in [0.25, 0.3) is 0 Å². The van der Waals surface area contributed by atoms with E-state index in [-0.39, 0.29) is 11.0 Å². The van der Waals surface area contributed by atoms with Crippen LogP contribution in [0.15, 0.2) is 5.10 Å². The third-order valence-electron chi connectivity index (χ3n) is 1.000. The van der Waals surface area contributed by atoms with Crippen LogP contribution in [-0.2, 0) is 4.79 Å². The van der Waals surface area contributed by atoms with Crippen LogP contribution in [0.3, 0.4) is 0 Å². The van der Waals surface area contributed by atoms with Crippen molar-refractivity contribution >= 4 is 28.9 Å². The molecule has 0 saturated carbocycles. The standard InChI is InChI=1S/C6H12N4OS/c1-3-8-5(11)4(2)9-10-6(7)12/h3H2,1-2H3,(H,8,11)(H3,7,10,12). The molecule has 0 rings (SSSR count). The van der Waals surface area contributed by atoms with E-state index in [1.807, 2.05) is 6.92 Å². The number of rotatable bonds is 3. The fraction of sp³-hybridized carbons (Fsp3) is 0.500. The van der Waals surface area contributed by atoms with Crippen LogP contribution in [0.5, 0.6) is 0 Å². The van der Waals surface area contributed by atoms with Gasteiger partial charge in [0.2, 0.25) is 0 Å². The minimum absolute atomic E-state index is 0.0404. The van der Waals surface area contributed by atoms with E-state index in [0.29, 0.717) is 12.3 Å². The molecular formula is C6H12N4OS. The van der Waals surface area contributed by atoms with Crippen LogP contribution < -0.4 is 16.5 Å². The number of hydrazone groups is 1. The van der Waals surface area contributed by atoms with E-state index in [2.05, 4.69) is 28.1 Å². The molecule has 0 aliphatic heterocycles. The zero-order valence-electron chi connectivity index (χ0n) is 7.05. The second-order valence-electron chi connectivity index (χ2n) is 2.03. The highest BCUT2D eigenvalue weighted by molar-refractivity contribution is 7.80. The lowest BCUT2D eigenvalue weighted by Gasteiger charge is -2.00. The molecule has 12 heavy (non-hydrogen) atoms. The first-order valence-electron chi connectivity index (χ1n) is 3.45. The summed E-state index contributed by atoms with van der Waals surface area (Å²) in [5, 5.41) is 6.25. The minimum atomic E-state index is -0.235. The second-order valence-corrected chi connectivity index (χ2v) is 2.47. The van der Waals surface area contributed by atoms with E-state index < -0.39 is 0 Å². The molecule has 0 aromatic heterocycles. The number of nitrogens with two attached hydrogens (primary N) is 1. The van der Waals surface area contributed by atoms with E-state index >= 15 is 0 Å². The van der Waals surface area contributed by atoms with Crippen LogP contribution in [-0.4, -0.2) is 23.3 Å². The Labute approximate surface area is 76.4 Å². The molecule has 0 aliphatic carbocycles. The summed E-state index contributed by atoms with van der Waals surface area (Å²) in [5.41, 5.74) is 7.71. The maximum absolute atomic E-state index is 11.0. The number of hydrogen-bond acceptors (Lipinski definition) is 3. The topological polar surface area (TPSA) is 79.5 Å². The van der Waals surface area contributed by atoms with Gasteiger partial charge >= 0.3 is 0 Å². The normalized spacial score (nSPS) is 10.7. The van der Waals surface area contributed by atoms with E-state index in [4.69, 9.17) is 5.73 Å². The first-order valence-corrected chi connectivity index (χ1v) is 3.86. The predicted octanol–water partition coefficient (Wildman–Crippen LogP) is -0.668. The maximum Gasteiger partial charge on any atom is 0.267 e. The summed E-state index contributed by atoms with van der Waals surface area (Å²) < 4.78 is 0. The van der Waals surface area contributed by atoms with Crippen LogP contribution in [0, 0.1) is 0 Å². The molecular weight excluding hydrogens is 176 g/mol. The van der Waals surface area contributed by atoms with Gasteiger partial charge in [0, 0.05) is 6.54 Å². The van der Waals surface area contributed by atoms with Gasteiger partial charge in [-0.3, -0.25) is 10.2 Å². The number of nitrogens with zero attached hydrogens (tertiary/aromatic N) is 1. The average molecular weight is 188 g/mol. The van der Waals surface area contributed by atoms with Crippen molar-refractivity contribution in [2.75, 3.05) is 6.54 Å². The van der Waals surface area contributed by atoms with Gasteiger partial charge in [-0.15, -0.1) is 0 Å². The first-order chi connectivity index (χ1) is 5.57. The summed E-state index contributed by atoms with van der Waals surface area (Å²) in [6.45, 7) is 3.96. The Morgan fingerprint density at radius 1 is 1.67 bits per heavy atom.